The fourth-order valence-electron chi connectivity index (χ4n) is 2.88. The van der Waals surface area contributed by atoms with Crippen LogP contribution in [0, 0.1) is 0 Å². The molecule has 0 aromatic carbocycles. The Hall–Kier alpha value is -2.76. The maximum absolute atomic E-state index is 11.5. The molecule has 0 saturated carbocycles. The third-order valence-corrected chi connectivity index (χ3v) is 6.67. The lowest BCUT2D eigenvalue weighted by Crippen LogP contribution is -2.18. The zero-order valence-electron chi connectivity index (χ0n) is 15.9. The predicted molar refractivity (Wildman–Crippen MR) is 112 cm³/mol. The van der Waals surface area contributed by atoms with Crippen LogP contribution in [0.2, 0.25) is 0 Å². The van der Waals surface area contributed by atoms with Gasteiger partial charge in [-0.3, -0.25) is 4.98 Å². The van der Waals surface area contributed by atoms with Crippen LogP contribution in [-0.2, 0) is 14.6 Å². The minimum Gasteiger partial charge on any atom is -0.487 e. The second-order valence-electron chi connectivity index (χ2n) is 6.52. The molecule has 1 saturated heterocycles. The van der Waals surface area contributed by atoms with E-state index < -0.39 is 9.84 Å². The number of hydrogen-bond acceptors (Lipinski definition) is 10. The van der Waals surface area contributed by atoms with Crippen molar-refractivity contribution in [1.82, 2.24) is 15.0 Å². The average Bonchev–Trinajstić information content (AvgIpc) is 3.37. The molecule has 30 heavy (non-hydrogen) atoms. The summed E-state index contributed by atoms with van der Waals surface area (Å²) in [6.45, 7) is 0.506. The van der Waals surface area contributed by atoms with Crippen molar-refractivity contribution in [3.63, 3.8) is 0 Å². The summed E-state index contributed by atoms with van der Waals surface area (Å²) >= 11 is 1.44. The Balaban J connectivity index is 1.41. The largest absolute Gasteiger partial charge is 0.487 e. The van der Waals surface area contributed by atoms with Gasteiger partial charge in [0.25, 0.3) is 0 Å². The van der Waals surface area contributed by atoms with Gasteiger partial charge in [0.1, 0.15) is 18.1 Å². The van der Waals surface area contributed by atoms with E-state index in [0.717, 1.165) is 0 Å². The number of hydrogen-bond donors (Lipinski definition) is 1. The second-order valence-corrected chi connectivity index (χ2v) is 9.64. The van der Waals surface area contributed by atoms with E-state index in [4.69, 9.17) is 14.2 Å². The van der Waals surface area contributed by atoms with Gasteiger partial charge in [-0.25, -0.2) is 18.4 Å². The van der Waals surface area contributed by atoms with Gasteiger partial charge in [0, 0.05) is 23.8 Å². The van der Waals surface area contributed by atoms with Gasteiger partial charge in [0.2, 0.25) is 0 Å². The Kier molecular flexibility index (Phi) is 6.41. The van der Waals surface area contributed by atoms with Crippen molar-refractivity contribution in [2.45, 2.75) is 12.5 Å². The first-order chi connectivity index (χ1) is 14.6. The van der Waals surface area contributed by atoms with Crippen molar-refractivity contribution in [2.24, 2.45) is 0 Å². The molecule has 1 fully saturated rings. The molecular formula is C19H20N4O5S2. The van der Waals surface area contributed by atoms with Crippen LogP contribution in [0.25, 0.3) is 0 Å². The smallest absolute Gasteiger partial charge is 0.188 e. The quantitative estimate of drug-likeness (QED) is 0.493. The Morgan fingerprint density at radius 1 is 1.17 bits per heavy atom. The Bertz CT molecular complexity index is 1060. The summed E-state index contributed by atoms with van der Waals surface area (Å²) in [5.74, 6) is 2.28. The summed E-state index contributed by atoms with van der Waals surface area (Å²) in [5, 5.41) is 5.65. The minimum absolute atomic E-state index is 0.0693. The van der Waals surface area contributed by atoms with Gasteiger partial charge in [-0.1, -0.05) is 0 Å². The number of thiazole rings is 1. The van der Waals surface area contributed by atoms with E-state index in [1.165, 1.54) is 11.3 Å². The van der Waals surface area contributed by atoms with Gasteiger partial charge in [-0.15, -0.1) is 11.3 Å². The number of pyridine rings is 2. The standard InChI is InChI=1S/C19H20N4O5S2/c24-30(25)9-3-15(13-30)26-6-7-27-17-10-16(28-14-2-1-4-20-11-14)12-22-18(17)23-19-21-5-8-29-19/h1-2,4-5,8,10-12,15H,3,6-7,9,13H2,(H,21,22,23). The number of nitrogens with one attached hydrogen (secondary N) is 1. The zero-order valence-corrected chi connectivity index (χ0v) is 17.6. The summed E-state index contributed by atoms with van der Waals surface area (Å²) in [6, 6.07) is 5.29. The lowest BCUT2D eigenvalue weighted by atomic mass is 10.3. The lowest BCUT2D eigenvalue weighted by Gasteiger charge is -2.14. The molecule has 4 rings (SSSR count). The number of aromatic nitrogens is 3. The van der Waals surface area contributed by atoms with Gasteiger partial charge >= 0.3 is 0 Å². The highest BCUT2D eigenvalue weighted by Crippen LogP contribution is 2.32. The van der Waals surface area contributed by atoms with Crippen LogP contribution < -0.4 is 14.8 Å². The monoisotopic (exact) mass is 448 g/mol. The number of sulfone groups is 1. The molecule has 1 aliphatic rings. The Morgan fingerprint density at radius 2 is 2.10 bits per heavy atom. The predicted octanol–water partition coefficient (Wildman–Crippen LogP) is 3.05. The summed E-state index contributed by atoms with van der Waals surface area (Å²) in [7, 11) is -2.97. The van der Waals surface area contributed by atoms with E-state index in [0.29, 0.717) is 34.6 Å². The van der Waals surface area contributed by atoms with Crippen molar-refractivity contribution in [1.29, 1.82) is 0 Å². The molecule has 1 aliphatic heterocycles. The van der Waals surface area contributed by atoms with E-state index in [1.807, 2.05) is 5.38 Å². The SMILES string of the molecule is O=S1(=O)CCC(OCCOc2cc(Oc3cccnc3)cnc2Nc2nccs2)C1. The molecule has 1 unspecified atom stereocenters. The molecule has 1 atom stereocenters. The van der Waals surface area contributed by atoms with Crippen LogP contribution in [0.1, 0.15) is 6.42 Å². The highest BCUT2D eigenvalue weighted by atomic mass is 32.2. The fourth-order valence-corrected chi connectivity index (χ4v) is 5.02. The van der Waals surface area contributed by atoms with Gasteiger partial charge in [0.05, 0.1) is 36.6 Å². The molecule has 0 amide bonds. The van der Waals surface area contributed by atoms with Crippen molar-refractivity contribution in [2.75, 3.05) is 30.0 Å². The topological polar surface area (TPSA) is 113 Å². The summed E-state index contributed by atoms with van der Waals surface area (Å²) in [4.78, 5) is 12.6. The lowest BCUT2D eigenvalue weighted by molar-refractivity contribution is 0.0489. The number of ether oxygens (including phenoxy) is 3. The highest BCUT2D eigenvalue weighted by molar-refractivity contribution is 7.91. The molecular weight excluding hydrogens is 428 g/mol. The molecule has 4 heterocycles. The third-order valence-electron chi connectivity index (χ3n) is 4.24. The normalized spacial score (nSPS) is 17.5. The summed E-state index contributed by atoms with van der Waals surface area (Å²) in [6.07, 6.45) is 6.79. The van der Waals surface area contributed by atoms with Crippen LogP contribution in [0.15, 0.2) is 48.4 Å². The van der Waals surface area contributed by atoms with Gasteiger partial charge < -0.3 is 19.5 Å². The van der Waals surface area contributed by atoms with Crippen molar-refractivity contribution in [3.05, 3.63) is 48.4 Å². The molecule has 0 spiro atoms. The number of anilines is 2. The van der Waals surface area contributed by atoms with Gasteiger partial charge in [0.15, 0.2) is 26.5 Å². The number of nitrogens with zero attached hydrogens (tertiary/aromatic N) is 3. The van der Waals surface area contributed by atoms with E-state index in [1.54, 1.807) is 43.0 Å². The molecule has 3 aromatic heterocycles. The van der Waals surface area contributed by atoms with E-state index in [2.05, 4.69) is 20.3 Å². The summed E-state index contributed by atoms with van der Waals surface area (Å²) in [5.41, 5.74) is 0. The van der Waals surface area contributed by atoms with Crippen molar-refractivity contribution < 1.29 is 22.6 Å². The molecule has 9 nitrogen and oxygen atoms in total. The van der Waals surface area contributed by atoms with Crippen molar-refractivity contribution in [3.8, 4) is 17.2 Å². The average molecular weight is 449 g/mol. The Morgan fingerprint density at radius 3 is 2.83 bits per heavy atom. The van der Waals surface area contributed by atoms with Gasteiger partial charge in [-0.2, -0.15) is 0 Å². The molecule has 11 heteroatoms. The van der Waals surface area contributed by atoms with Crippen LogP contribution in [0.5, 0.6) is 17.2 Å². The third kappa shape index (κ3) is 5.65. The van der Waals surface area contributed by atoms with E-state index in [9.17, 15) is 8.42 Å². The maximum Gasteiger partial charge on any atom is 0.188 e. The van der Waals surface area contributed by atoms with Crippen LogP contribution in [0.3, 0.4) is 0 Å². The first-order valence-electron chi connectivity index (χ1n) is 9.27. The molecule has 0 radical (unpaired) electrons. The van der Waals surface area contributed by atoms with Crippen LogP contribution in [0.4, 0.5) is 10.9 Å². The highest BCUT2D eigenvalue weighted by Gasteiger charge is 2.28. The van der Waals surface area contributed by atoms with Crippen molar-refractivity contribution >= 4 is 32.1 Å². The first-order valence-corrected chi connectivity index (χ1v) is 12.0. The van der Waals surface area contributed by atoms with Crippen LogP contribution >= 0.6 is 11.3 Å². The first kappa shape index (κ1) is 20.5. The van der Waals surface area contributed by atoms with E-state index >= 15 is 0 Å². The molecule has 0 aliphatic carbocycles. The van der Waals surface area contributed by atoms with E-state index in [-0.39, 0.29) is 30.8 Å². The molecule has 0 bridgehead atoms. The molecule has 158 valence electrons. The Labute approximate surface area is 178 Å². The minimum atomic E-state index is -2.97. The summed E-state index contributed by atoms with van der Waals surface area (Å²) < 4.78 is 40.3. The second kappa shape index (κ2) is 9.37. The number of rotatable bonds is 9. The zero-order chi connectivity index (χ0) is 20.8. The molecule has 1 N–H and O–H groups in total. The fraction of sp³-hybridized carbons (Fsp3) is 0.316. The van der Waals surface area contributed by atoms with Crippen LogP contribution in [-0.4, -0.2) is 54.2 Å². The van der Waals surface area contributed by atoms with Gasteiger partial charge in [-0.05, 0) is 18.6 Å². The maximum atomic E-state index is 11.5. The molecule has 3 aromatic rings.